The number of ether oxygens (including phenoxy) is 2. The van der Waals surface area contributed by atoms with Crippen molar-refractivity contribution in [1.29, 1.82) is 0 Å². The van der Waals surface area contributed by atoms with Crippen LogP contribution in [0.3, 0.4) is 0 Å². The Balaban J connectivity index is 1.91. The first kappa shape index (κ1) is 18.8. The molecule has 0 unspecified atom stereocenters. The Morgan fingerprint density at radius 3 is 2.52 bits per heavy atom. The first-order valence-electron chi connectivity index (χ1n) is 8.75. The van der Waals surface area contributed by atoms with E-state index >= 15 is 0 Å². The monoisotopic (exact) mass is 341 g/mol. The van der Waals surface area contributed by atoms with Gasteiger partial charge in [-0.1, -0.05) is 43.3 Å². The van der Waals surface area contributed by atoms with Crippen LogP contribution in [0.2, 0.25) is 0 Å². The second kappa shape index (κ2) is 9.72. The lowest BCUT2D eigenvalue weighted by Crippen LogP contribution is -2.35. The van der Waals surface area contributed by atoms with E-state index in [-0.39, 0.29) is 11.9 Å². The van der Waals surface area contributed by atoms with E-state index in [2.05, 4.69) is 24.4 Å². The molecule has 2 aromatic carbocycles. The molecule has 0 fully saturated rings. The minimum atomic E-state index is 0.00714. The zero-order valence-corrected chi connectivity index (χ0v) is 15.2. The molecule has 0 heterocycles. The molecule has 1 N–H and O–H groups in total. The van der Waals surface area contributed by atoms with Crippen molar-refractivity contribution >= 4 is 5.91 Å². The number of amides is 1. The van der Waals surface area contributed by atoms with Gasteiger partial charge in [0, 0.05) is 6.04 Å². The van der Waals surface area contributed by atoms with E-state index in [0.29, 0.717) is 24.5 Å². The number of hydrogen-bond acceptors (Lipinski definition) is 3. The molecule has 0 aliphatic heterocycles. The third-order valence-electron chi connectivity index (χ3n) is 3.85. The molecule has 0 bridgehead atoms. The molecule has 0 saturated carbocycles. The summed E-state index contributed by atoms with van der Waals surface area (Å²) in [5.41, 5.74) is 2.12. The summed E-state index contributed by atoms with van der Waals surface area (Å²) >= 11 is 0. The first-order chi connectivity index (χ1) is 12.1. The molecule has 0 aliphatic carbocycles. The summed E-state index contributed by atoms with van der Waals surface area (Å²) in [6, 6.07) is 15.9. The van der Waals surface area contributed by atoms with Crippen LogP contribution in [0.5, 0.6) is 11.5 Å². The Morgan fingerprint density at radius 1 is 1.08 bits per heavy atom. The van der Waals surface area contributed by atoms with Gasteiger partial charge in [-0.15, -0.1) is 0 Å². The van der Waals surface area contributed by atoms with Crippen LogP contribution in [0.15, 0.2) is 48.5 Å². The van der Waals surface area contributed by atoms with Gasteiger partial charge >= 0.3 is 0 Å². The predicted molar refractivity (Wildman–Crippen MR) is 100 cm³/mol. The topological polar surface area (TPSA) is 47.6 Å². The van der Waals surface area contributed by atoms with Crippen LogP contribution < -0.4 is 14.8 Å². The summed E-state index contributed by atoms with van der Waals surface area (Å²) in [7, 11) is 1.61. The Labute approximate surface area is 150 Å². The summed E-state index contributed by atoms with van der Waals surface area (Å²) in [5.74, 6) is 1.38. The summed E-state index contributed by atoms with van der Waals surface area (Å²) in [5, 5.41) is 3.05. The second-order valence-corrected chi connectivity index (χ2v) is 6.17. The fourth-order valence-electron chi connectivity index (χ4n) is 2.68. The lowest BCUT2D eigenvalue weighted by atomic mass is 10.1. The number of rotatable bonds is 9. The largest absolute Gasteiger partial charge is 0.493 e. The van der Waals surface area contributed by atoms with Crippen LogP contribution in [0.4, 0.5) is 0 Å². The summed E-state index contributed by atoms with van der Waals surface area (Å²) in [6.45, 7) is 4.72. The maximum atomic E-state index is 12.3. The van der Waals surface area contributed by atoms with Crippen molar-refractivity contribution < 1.29 is 14.3 Å². The molecule has 0 aromatic heterocycles. The molecule has 0 saturated heterocycles. The summed E-state index contributed by atoms with van der Waals surface area (Å²) in [6.07, 6.45) is 2.08. The van der Waals surface area contributed by atoms with E-state index in [1.807, 2.05) is 43.3 Å². The van der Waals surface area contributed by atoms with E-state index in [1.54, 1.807) is 7.11 Å². The van der Waals surface area contributed by atoms with Crippen LogP contribution in [0, 0.1) is 0 Å². The molecular formula is C21H27NO3. The molecule has 25 heavy (non-hydrogen) atoms. The number of benzene rings is 2. The smallest absolute Gasteiger partial charge is 0.224 e. The Hall–Kier alpha value is -2.49. The normalized spacial score (nSPS) is 11.6. The fraction of sp³-hybridized carbons (Fsp3) is 0.381. The second-order valence-electron chi connectivity index (χ2n) is 6.17. The average molecular weight is 341 g/mol. The lowest BCUT2D eigenvalue weighted by Gasteiger charge is -2.15. The average Bonchev–Trinajstić information content (AvgIpc) is 2.61. The molecule has 4 heteroatoms. The number of nitrogens with one attached hydrogen (secondary N) is 1. The zero-order valence-electron chi connectivity index (χ0n) is 15.2. The number of methoxy groups -OCH3 is 1. The van der Waals surface area contributed by atoms with E-state index in [0.717, 1.165) is 18.4 Å². The minimum Gasteiger partial charge on any atom is -0.493 e. The third kappa shape index (κ3) is 6.14. The van der Waals surface area contributed by atoms with Gasteiger partial charge in [0.05, 0.1) is 20.1 Å². The van der Waals surface area contributed by atoms with E-state index in [4.69, 9.17) is 9.47 Å². The first-order valence-corrected chi connectivity index (χ1v) is 8.75. The third-order valence-corrected chi connectivity index (χ3v) is 3.85. The van der Waals surface area contributed by atoms with Crippen molar-refractivity contribution in [3.05, 3.63) is 59.7 Å². The van der Waals surface area contributed by atoms with Crippen molar-refractivity contribution in [3.63, 3.8) is 0 Å². The van der Waals surface area contributed by atoms with Gasteiger partial charge in [-0.05, 0) is 43.0 Å². The fourth-order valence-corrected chi connectivity index (χ4v) is 2.68. The number of carbonyl (C=O) groups excluding carboxylic acids is 1. The highest BCUT2D eigenvalue weighted by molar-refractivity contribution is 5.79. The molecule has 2 rings (SSSR count). The van der Waals surface area contributed by atoms with Crippen LogP contribution in [-0.2, 0) is 17.6 Å². The summed E-state index contributed by atoms with van der Waals surface area (Å²) in [4.78, 5) is 12.3. The van der Waals surface area contributed by atoms with Crippen LogP contribution >= 0.6 is 0 Å². The molecule has 0 radical (unpaired) electrons. The minimum absolute atomic E-state index is 0.00714. The maximum absolute atomic E-state index is 12.3. The van der Waals surface area contributed by atoms with Gasteiger partial charge in [0.15, 0.2) is 11.5 Å². The van der Waals surface area contributed by atoms with Crippen LogP contribution in [0.25, 0.3) is 0 Å². The number of hydrogen-bond donors (Lipinski definition) is 1. The molecule has 0 aliphatic rings. The van der Waals surface area contributed by atoms with Crippen molar-refractivity contribution in [2.45, 2.75) is 39.2 Å². The van der Waals surface area contributed by atoms with Crippen molar-refractivity contribution in [1.82, 2.24) is 5.32 Å². The molecular weight excluding hydrogens is 314 g/mol. The van der Waals surface area contributed by atoms with Crippen molar-refractivity contribution in [3.8, 4) is 11.5 Å². The highest BCUT2D eigenvalue weighted by Crippen LogP contribution is 2.28. The van der Waals surface area contributed by atoms with Crippen molar-refractivity contribution in [2.24, 2.45) is 0 Å². The Kier molecular flexibility index (Phi) is 7.33. The van der Waals surface area contributed by atoms with Crippen molar-refractivity contribution in [2.75, 3.05) is 13.7 Å². The maximum Gasteiger partial charge on any atom is 0.224 e. The summed E-state index contributed by atoms with van der Waals surface area (Å²) < 4.78 is 11.0. The van der Waals surface area contributed by atoms with Gasteiger partial charge in [0.25, 0.3) is 0 Å². The molecule has 134 valence electrons. The zero-order chi connectivity index (χ0) is 18.1. The quantitative estimate of drug-likeness (QED) is 0.755. The van der Waals surface area contributed by atoms with Gasteiger partial charge < -0.3 is 14.8 Å². The molecule has 2 aromatic rings. The Morgan fingerprint density at radius 2 is 1.84 bits per heavy atom. The van der Waals surface area contributed by atoms with E-state index in [9.17, 15) is 4.79 Å². The number of carbonyl (C=O) groups is 1. The SMILES string of the molecule is CCCOc1ccc(CC(=O)N[C@@H](C)Cc2ccccc2)cc1OC. The molecule has 4 nitrogen and oxygen atoms in total. The van der Waals surface area contributed by atoms with Gasteiger partial charge in [-0.2, -0.15) is 0 Å². The van der Waals surface area contributed by atoms with Crippen LogP contribution in [0.1, 0.15) is 31.4 Å². The predicted octanol–water partition coefficient (Wildman–Crippen LogP) is 3.77. The Bertz CT molecular complexity index is 670. The van der Waals surface area contributed by atoms with Crippen LogP contribution in [-0.4, -0.2) is 25.7 Å². The van der Waals surface area contributed by atoms with Gasteiger partial charge in [0.1, 0.15) is 0 Å². The van der Waals surface area contributed by atoms with Gasteiger partial charge in [-0.25, -0.2) is 0 Å². The lowest BCUT2D eigenvalue weighted by molar-refractivity contribution is -0.121. The molecule has 1 atom stereocenters. The molecule has 1 amide bonds. The highest BCUT2D eigenvalue weighted by atomic mass is 16.5. The van der Waals surface area contributed by atoms with E-state index < -0.39 is 0 Å². The highest BCUT2D eigenvalue weighted by Gasteiger charge is 2.11. The standard InChI is InChI=1S/C21H27NO3/c1-4-12-25-19-11-10-18(14-20(19)24-3)15-21(23)22-16(2)13-17-8-6-5-7-9-17/h5-11,14,16H,4,12-13,15H2,1-3H3,(H,22,23)/t16-/m0/s1. The van der Waals surface area contributed by atoms with Gasteiger partial charge in [0.2, 0.25) is 5.91 Å². The van der Waals surface area contributed by atoms with E-state index in [1.165, 1.54) is 5.56 Å². The van der Waals surface area contributed by atoms with Gasteiger partial charge in [-0.3, -0.25) is 4.79 Å². The molecule has 0 spiro atoms.